The summed E-state index contributed by atoms with van der Waals surface area (Å²) in [7, 11) is 1.70. The number of benzene rings is 2. The van der Waals surface area contributed by atoms with Crippen LogP contribution in [0.1, 0.15) is 12.8 Å². The molecule has 1 atom stereocenters. The van der Waals surface area contributed by atoms with Gasteiger partial charge in [0, 0.05) is 43.6 Å². The van der Waals surface area contributed by atoms with Crippen LogP contribution in [0.4, 0.5) is 21.5 Å². The van der Waals surface area contributed by atoms with Gasteiger partial charge >= 0.3 is 0 Å². The van der Waals surface area contributed by atoms with Gasteiger partial charge in [-0.1, -0.05) is 6.07 Å². The molecule has 28 heavy (non-hydrogen) atoms. The van der Waals surface area contributed by atoms with Crippen molar-refractivity contribution >= 4 is 17.1 Å². The standard InChI is InChI=1S/C22H28FN3O2/c1-27-22-8-7-20(25-10-12-28-13-11-25)15-21(22)24-18-5-3-9-26(16-18)19-6-2-4-17(23)14-19/h2,4,6-8,14-15,18,24H,3,5,9-13,16H2,1H3/t18-/m1/s1. The molecule has 2 aliphatic rings. The van der Waals surface area contributed by atoms with Gasteiger partial charge in [0.2, 0.25) is 0 Å². The van der Waals surface area contributed by atoms with E-state index in [-0.39, 0.29) is 11.9 Å². The van der Waals surface area contributed by atoms with E-state index < -0.39 is 0 Å². The molecular formula is C22H28FN3O2. The first-order chi connectivity index (χ1) is 13.7. The van der Waals surface area contributed by atoms with E-state index in [1.807, 2.05) is 12.1 Å². The van der Waals surface area contributed by atoms with Crippen LogP contribution in [-0.4, -0.2) is 52.5 Å². The predicted octanol–water partition coefficient (Wildman–Crippen LogP) is 3.75. The molecule has 6 heteroatoms. The number of anilines is 3. The highest BCUT2D eigenvalue weighted by Crippen LogP contribution is 2.32. The summed E-state index contributed by atoms with van der Waals surface area (Å²) in [6.07, 6.45) is 2.15. The molecular weight excluding hydrogens is 357 g/mol. The number of nitrogens with zero attached hydrogens (tertiary/aromatic N) is 2. The molecule has 0 aromatic heterocycles. The highest BCUT2D eigenvalue weighted by Gasteiger charge is 2.22. The van der Waals surface area contributed by atoms with Gasteiger partial charge < -0.3 is 24.6 Å². The minimum absolute atomic E-state index is 0.188. The molecule has 0 saturated carbocycles. The first-order valence-corrected chi connectivity index (χ1v) is 10.0. The van der Waals surface area contributed by atoms with E-state index in [1.54, 1.807) is 19.2 Å². The minimum Gasteiger partial charge on any atom is -0.495 e. The Hall–Kier alpha value is -2.47. The average Bonchev–Trinajstić information content (AvgIpc) is 2.74. The number of ether oxygens (including phenoxy) is 2. The van der Waals surface area contributed by atoms with Gasteiger partial charge in [0.05, 0.1) is 26.0 Å². The summed E-state index contributed by atoms with van der Waals surface area (Å²) in [4.78, 5) is 4.59. The van der Waals surface area contributed by atoms with Crippen molar-refractivity contribution in [1.82, 2.24) is 0 Å². The Labute approximate surface area is 166 Å². The highest BCUT2D eigenvalue weighted by molar-refractivity contribution is 5.66. The Balaban J connectivity index is 1.49. The Kier molecular flexibility index (Phi) is 5.86. The van der Waals surface area contributed by atoms with Crippen molar-refractivity contribution < 1.29 is 13.9 Å². The molecule has 2 aliphatic heterocycles. The van der Waals surface area contributed by atoms with Crippen LogP contribution in [0.5, 0.6) is 5.75 Å². The van der Waals surface area contributed by atoms with E-state index in [9.17, 15) is 4.39 Å². The topological polar surface area (TPSA) is 37.0 Å². The van der Waals surface area contributed by atoms with E-state index >= 15 is 0 Å². The van der Waals surface area contributed by atoms with Crippen LogP contribution in [0.2, 0.25) is 0 Å². The predicted molar refractivity (Wildman–Crippen MR) is 111 cm³/mol. The molecule has 2 fully saturated rings. The SMILES string of the molecule is COc1ccc(N2CCOCC2)cc1N[C@@H]1CCCN(c2cccc(F)c2)C1. The number of methoxy groups -OCH3 is 1. The zero-order chi connectivity index (χ0) is 19.3. The van der Waals surface area contributed by atoms with E-state index in [0.29, 0.717) is 0 Å². The van der Waals surface area contributed by atoms with Crippen molar-refractivity contribution in [2.75, 3.05) is 61.6 Å². The normalized spacial score (nSPS) is 20.1. The zero-order valence-corrected chi connectivity index (χ0v) is 16.4. The molecule has 2 saturated heterocycles. The van der Waals surface area contributed by atoms with Crippen LogP contribution >= 0.6 is 0 Å². The van der Waals surface area contributed by atoms with E-state index in [0.717, 1.165) is 69.4 Å². The Morgan fingerprint density at radius 1 is 1.04 bits per heavy atom. The van der Waals surface area contributed by atoms with Gasteiger partial charge in [0.15, 0.2) is 0 Å². The van der Waals surface area contributed by atoms with Gasteiger partial charge in [-0.2, -0.15) is 0 Å². The Morgan fingerprint density at radius 2 is 1.86 bits per heavy atom. The van der Waals surface area contributed by atoms with Gasteiger partial charge in [0.1, 0.15) is 11.6 Å². The summed E-state index contributed by atoms with van der Waals surface area (Å²) in [6.45, 7) is 5.13. The number of hydrogen-bond acceptors (Lipinski definition) is 5. The largest absolute Gasteiger partial charge is 0.495 e. The second-order valence-corrected chi connectivity index (χ2v) is 7.39. The molecule has 0 bridgehead atoms. The lowest BCUT2D eigenvalue weighted by Crippen LogP contribution is -2.42. The van der Waals surface area contributed by atoms with Crippen LogP contribution in [0.15, 0.2) is 42.5 Å². The third-order valence-corrected chi connectivity index (χ3v) is 5.51. The minimum atomic E-state index is -0.188. The molecule has 2 heterocycles. The lowest BCUT2D eigenvalue weighted by Gasteiger charge is -2.36. The fourth-order valence-corrected chi connectivity index (χ4v) is 4.05. The van der Waals surface area contributed by atoms with Crippen LogP contribution in [-0.2, 0) is 4.74 Å². The van der Waals surface area contributed by atoms with Gasteiger partial charge in [-0.05, 0) is 49.2 Å². The quantitative estimate of drug-likeness (QED) is 0.848. The number of piperidine rings is 1. The van der Waals surface area contributed by atoms with Crippen LogP contribution < -0.4 is 19.9 Å². The van der Waals surface area contributed by atoms with Crippen molar-refractivity contribution in [3.05, 3.63) is 48.3 Å². The molecule has 2 aromatic carbocycles. The van der Waals surface area contributed by atoms with Crippen LogP contribution in [0, 0.1) is 5.82 Å². The monoisotopic (exact) mass is 385 g/mol. The summed E-state index contributed by atoms with van der Waals surface area (Å²) >= 11 is 0. The van der Waals surface area contributed by atoms with Crippen LogP contribution in [0.3, 0.4) is 0 Å². The number of nitrogens with one attached hydrogen (secondary N) is 1. The summed E-state index contributed by atoms with van der Waals surface area (Å²) < 4.78 is 24.7. The summed E-state index contributed by atoms with van der Waals surface area (Å²) in [5.41, 5.74) is 3.14. The summed E-state index contributed by atoms with van der Waals surface area (Å²) in [5, 5.41) is 3.68. The fourth-order valence-electron chi connectivity index (χ4n) is 4.05. The molecule has 4 rings (SSSR count). The summed E-state index contributed by atoms with van der Waals surface area (Å²) in [5.74, 6) is 0.660. The molecule has 0 radical (unpaired) electrons. The first kappa shape index (κ1) is 18.9. The van der Waals surface area contributed by atoms with Crippen molar-refractivity contribution in [3.8, 4) is 5.75 Å². The van der Waals surface area contributed by atoms with Crippen LogP contribution in [0.25, 0.3) is 0 Å². The second kappa shape index (κ2) is 8.69. The number of halogens is 1. The molecule has 0 spiro atoms. The van der Waals surface area contributed by atoms with Gasteiger partial charge in [0.25, 0.3) is 0 Å². The summed E-state index contributed by atoms with van der Waals surface area (Å²) in [6, 6.07) is 13.4. The molecule has 0 unspecified atom stereocenters. The number of hydrogen-bond donors (Lipinski definition) is 1. The first-order valence-electron chi connectivity index (χ1n) is 10.0. The van der Waals surface area contributed by atoms with Gasteiger partial charge in [-0.3, -0.25) is 0 Å². The fraction of sp³-hybridized carbons (Fsp3) is 0.455. The molecule has 2 aromatic rings. The van der Waals surface area contributed by atoms with Crippen molar-refractivity contribution in [3.63, 3.8) is 0 Å². The third kappa shape index (κ3) is 4.33. The Bertz CT molecular complexity index is 795. The lowest BCUT2D eigenvalue weighted by molar-refractivity contribution is 0.122. The average molecular weight is 385 g/mol. The maximum absolute atomic E-state index is 13.6. The number of rotatable bonds is 5. The molecule has 1 N–H and O–H groups in total. The molecule has 150 valence electrons. The third-order valence-electron chi connectivity index (χ3n) is 5.51. The lowest BCUT2D eigenvalue weighted by atomic mass is 10.0. The van der Waals surface area contributed by atoms with Gasteiger partial charge in [-0.25, -0.2) is 4.39 Å². The highest BCUT2D eigenvalue weighted by atomic mass is 19.1. The number of morpholine rings is 1. The van der Waals surface area contributed by atoms with Crippen molar-refractivity contribution in [1.29, 1.82) is 0 Å². The molecule has 0 aliphatic carbocycles. The molecule has 0 amide bonds. The van der Waals surface area contributed by atoms with E-state index in [2.05, 4.69) is 27.2 Å². The maximum atomic E-state index is 13.6. The maximum Gasteiger partial charge on any atom is 0.142 e. The van der Waals surface area contributed by atoms with Crippen molar-refractivity contribution in [2.24, 2.45) is 0 Å². The van der Waals surface area contributed by atoms with E-state index in [4.69, 9.17) is 9.47 Å². The Morgan fingerprint density at radius 3 is 2.64 bits per heavy atom. The van der Waals surface area contributed by atoms with Crippen molar-refractivity contribution in [2.45, 2.75) is 18.9 Å². The van der Waals surface area contributed by atoms with E-state index in [1.165, 1.54) is 11.8 Å². The molecule has 5 nitrogen and oxygen atoms in total. The second-order valence-electron chi connectivity index (χ2n) is 7.39. The smallest absolute Gasteiger partial charge is 0.142 e. The zero-order valence-electron chi connectivity index (χ0n) is 16.4. The van der Waals surface area contributed by atoms with Gasteiger partial charge in [-0.15, -0.1) is 0 Å².